The molecule has 0 unspecified atom stereocenters. The van der Waals surface area contributed by atoms with Gasteiger partial charge in [-0.3, -0.25) is 0 Å². The molecule has 60 heavy (non-hydrogen) atoms. The number of aromatic amines is 1. The highest BCUT2D eigenvalue weighted by molar-refractivity contribution is 7.27. The molecule has 2 nitrogen and oxygen atoms in total. The topological polar surface area (TPSA) is 19.0 Å². The molecule has 0 fully saturated rings. The normalized spacial score (nSPS) is 13.0. The zero-order valence-corrected chi connectivity index (χ0v) is 34.2. The van der Waals surface area contributed by atoms with Crippen molar-refractivity contribution in [2.75, 3.05) is 4.90 Å². The Kier molecular flexibility index (Phi) is 7.79. The summed E-state index contributed by atoms with van der Waals surface area (Å²) in [6, 6.07) is 73.6. The van der Waals surface area contributed by atoms with Gasteiger partial charge in [-0.2, -0.15) is 0 Å². The van der Waals surface area contributed by atoms with E-state index in [1.165, 1.54) is 97.8 Å². The number of anilines is 3. The molecule has 1 N–H and O–H groups in total. The van der Waals surface area contributed by atoms with Crippen molar-refractivity contribution >= 4 is 70.4 Å². The van der Waals surface area contributed by atoms with E-state index in [1.807, 2.05) is 11.3 Å². The minimum absolute atomic E-state index is 0.0320. The Balaban J connectivity index is 0.978. The number of hydrogen-bond donors (Lipinski definition) is 1. The molecule has 0 amide bonds. The molecule has 9 aromatic carbocycles. The maximum absolute atomic E-state index is 3.76. The van der Waals surface area contributed by atoms with Crippen molar-refractivity contribution in [3.8, 4) is 44.5 Å². The number of rotatable bonds is 6. The summed E-state index contributed by atoms with van der Waals surface area (Å²) in [6.07, 6.45) is 0. The molecule has 3 heteroatoms. The molecule has 12 rings (SSSR count). The Morgan fingerprint density at radius 2 is 0.950 bits per heavy atom. The fraction of sp³-hybridized carbons (Fsp3) is 0.0526. The summed E-state index contributed by atoms with van der Waals surface area (Å²) in [5.41, 5.74) is 18.5. The van der Waals surface area contributed by atoms with Crippen molar-refractivity contribution in [3.63, 3.8) is 0 Å². The Labute approximate surface area is 353 Å². The van der Waals surface area contributed by atoms with Crippen LogP contribution in [0.3, 0.4) is 0 Å². The number of aromatic nitrogens is 1. The first-order chi connectivity index (χ1) is 29.5. The zero-order chi connectivity index (χ0) is 40.0. The van der Waals surface area contributed by atoms with Crippen LogP contribution in [0.15, 0.2) is 200 Å². The highest BCUT2D eigenvalue weighted by atomic mass is 32.1. The summed E-state index contributed by atoms with van der Waals surface area (Å²) in [5, 5.41) is 5.09. The molecule has 0 saturated carbocycles. The molecule has 0 radical (unpaired) electrons. The molecule has 0 atom stereocenters. The summed E-state index contributed by atoms with van der Waals surface area (Å²) in [7, 11) is 0. The lowest BCUT2D eigenvalue weighted by molar-refractivity contribution is 0.661. The van der Waals surface area contributed by atoms with Crippen LogP contribution < -0.4 is 4.90 Å². The smallest absolute Gasteiger partial charge is 0.0640 e. The molecular weight excluding hydrogens is 745 g/mol. The van der Waals surface area contributed by atoms with E-state index in [4.69, 9.17) is 0 Å². The minimum Gasteiger partial charge on any atom is -0.355 e. The van der Waals surface area contributed by atoms with E-state index in [1.54, 1.807) is 0 Å². The Bertz CT molecular complexity index is 3430. The van der Waals surface area contributed by atoms with E-state index >= 15 is 0 Å². The Hall–Kier alpha value is -7.20. The van der Waals surface area contributed by atoms with Crippen molar-refractivity contribution in [1.29, 1.82) is 0 Å². The molecule has 11 aromatic rings. The van der Waals surface area contributed by atoms with E-state index in [0.29, 0.717) is 0 Å². The van der Waals surface area contributed by atoms with Crippen LogP contribution >= 0.6 is 11.3 Å². The standard InChI is InChI=1S/C57H40N2S/c1-57(2)50-21-10-9-17-44(50)47-34-49-48-33-40(27-32-52(48)58-53(49)35-51(47)57)38-25-30-42(31-26-38)59(41-28-23-37(24-29-41)36-13-5-3-6-14-36)54-22-12-20-46-45-19-11-18-43(55(45)60-56(46)54)39-15-7-4-8-16-39/h3-35,58H,1-2H3. The van der Waals surface area contributed by atoms with Crippen LogP contribution in [0.2, 0.25) is 0 Å². The molecule has 0 aliphatic heterocycles. The van der Waals surface area contributed by atoms with Gasteiger partial charge in [0, 0.05) is 54.1 Å². The van der Waals surface area contributed by atoms with Gasteiger partial charge in [-0.1, -0.05) is 159 Å². The number of thiophene rings is 1. The minimum atomic E-state index is -0.0320. The van der Waals surface area contributed by atoms with Crippen LogP contribution in [0.25, 0.3) is 86.5 Å². The molecule has 2 heterocycles. The molecule has 2 aromatic heterocycles. The van der Waals surface area contributed by atoms with E-state index in [2.05, 4.69) is 224 Å². The van der Waals surface area contributed by atoms with Crippen LogP contribution in [0.5, 0.6) is 0 Å². The van der Waals surface area contributed by atoms with E-state index in [0.717, 1.165) is 16.9 Å². The lowest BCUT2D eigenvalue weighted by atomic mass is 9.82. The second-order valence-electron chi connectivity index (χ2n) is 16.6. The van der Waals surface area contributed by atoms with Gasteiger partial charge in [-0.15, -0.1) is 11.3 Å². The lowest BCUT2D eigenvalue weighted by Crippen LogP contribution is -2.14. The van der Waals surface area contributed by atoms with E-state index in [9.17, 15) is 0 Å². The molecule has 0 saturated heterocycles. The van der Waals surface area contributed by atoms with Crippen molar-refractivity contribution < 1.29 is 0 Å². The maximum atomic E-state index is 3.76. The predicted molar refractivity (Wildman–Crippen MR) is 257 cm³/mol. The monoisotopic (exact) mass is 784 g/mol. The van der Waals surface area contributed by atoms with Crippen LogP contribution in [0.1, 0.15) is 25.0 Å². The quantitative estimate of drug-likeness (QED) is 0.178. The molecule has 0 spiro atoms. The van der Waals surface area contributed by atoms with Crippen LogP contribution in [0.4, 0.5) is 17.1 Å². The summed E-state index contributed by atoms with van der Waals surface area (Å²) in [5.74, 6) is 0. The number of fused-ring (bicyclic) bond motifs is 9. The third kappa shape index (κ3) is 5.40. The SMILES string of the molecule is CC1(C)c2ccccc2-c2cc3c(cc21)[nH]c1ccc(-c2ccc(N(c4ccc(-c5ccccc5)cc4)c4cccc5c4sc4c(-c6ccccc6)cccc45)cc2)cc13. The Morgan fingerprint density at radius 3 is 1.68 bits per heavy atom. The van der Waals surface area contributed by atoms with Gasteiger partial charge in [0.1, 0.15) is 0 Å². The summed E-state index contributed by atoms with van der Waals surface area (Å²) >= 11 is 1.89. The van der Waals surface area contributed by atoms with Gasteiger partial charge in [-0.05, 0) is 110 Å². The van der Waals surface area contributed by atoms with Gasteiger partial charge in [0.15, 0.2) is 0 Å². The molecule has 1 aliphatic carbocycles. The predicted octanol–water partition coefficient (Wildman–Crippen LogP) is 16.5. The second kappa shape index (κ2) is 13.4. The van der Waals surface area contributed by atoms with Crippen molar-refractivity contribution in [2.24, 2.45) is 0 Å². The van der Waals surface area contributed by atoms with Gasteiger partial charge in [-0.25, -0.2) is 0 Å². The van der Waals surface area contributed by atoms with Crippen LogP contribution in [-0.4, -0.2) is 4.98 Å². The van der Waals surface area contributed by atoms with Gasteiger partial charge in [0.2, 0.25) is 0 Å². The Morgan fingerprint density at radius 1 is 0.383 bits per heavy atom. The fourth-order valence-corrected chi connectivity index (χ4v) is 11.1. The van der Waals surface area contributed by atoms with Crippen molar-refractivity contribution in [1.82, 2.24) is 4.98 Å². The third-order valence-corrected chi connectivity index (χ3v) is 14.1. The summed E-state index contributed by atoms with van der Waals surface area (Å²) < 4.78 is 2.58. The highest BCUT2D eigenvalue weighted by Gasteiger charge is 2.35. The molecule has 284 valence electrons. The van der Waals surface area contributed by atoms with E-state index in [-0.39, 0.29) is 5.41 Å². The third-order valence-electron chi connectivity index (χ3n) is 12.8. The summed E-state index contributed by atoms with van der Waals surface area (Å²) in [6.45, 7) is 4.69. The van der Waals surface area contributed by atoms with Gasteiger partial charge in [0.25, 0.3) is 0 Å². The first-order valence-electron chi connectivity index (χ1n) is 20.8. The number of hydrogen-bond acceptors (Lipinski definition) is 2. The molecular formula is C57H40N2S. The number of nitrogens with one attached hydrogen (secondary N) is 1. The van der Waals surface area contributed by atoms with Gasteiger partial charge in [0.05, 0.1) is 10.4 Å². The molecule has 1 aliphatic rings. The second-order valence-corrected chi connectivity index (χ2v) is 17.6. The maximum Gasteiger partial charge on any atom is 0.0640 e. The first kappa shape index (κ1) is 34.8. The van der Waals surface area contributed by atoms with E-state index < -0.39 is 0 Å². The average molecular weight is 785 g/mol. The fourth-order valence-electron chi connectivity index (χ4n) is 9.76. The summed E-state index contributed by atoms with van der Waals surface area (Å²) in [4.78, 5) is 6.19. The zero-order valence-electron chi connectivity index (χ0n) is 33.4. The number of H-pyrrole nitrogens is 1. The average Bonchev–Trinajstić information content (AvgIpc) is 3.94. The molecule has 0 bridgehead atoms. The first-order valence-corrected chi connectivity index (χ1v) is 21.6. The van der Waals surface area contributed by atoms with Crippen LogP contribution in [-0.2, 0) is 5.41 Å². The van der Waals surface area contributed by atoms with Gasteiger partial charge < -0.3 is 9.88 Å². The highest BCUT2D eigenvalue weighted by Crippen LogP contribution is 2.51. The number of nitrogens with zero attached hydrogens (tertiary/aromatic N) is 1. The number of benzene rings is 9. The lowest BCUT2D eigenvalue weighted by Gasteiger charge is -2.26. The van der Waals surface area contributed by atoms with Crippen molar-refractivity contribution in [3.05, 3.63) is 211 Å². The largest absolute Gasteiger partial charge is 0.355 e. The van der Waals surface area contributed by atoms with Gasteiger partial charge >= 0.3 is 0 Å². The van der Waals surface area contributed by atoms with Crippen LogP contribution in [0, 0.1) is 0 Å². The van der Waals surface area contributed by atoms with Crippen molar-refractivity contribution in [2.45, 2.75) is 19.3 Å².